The summed E-state index contributed by atoms with van der Waals surface area (Å²) in [6.45, 7) is 48.9. The van der Waals surface area contributed by atoms with Crippen molar-refractivity contribution in [1.29, 1.82) is 0 Å². The average Bonchev–Trinajstić information content (AvgIpc) is 1.53. The molecule has 23 aliphatic rings. The third-order valence-corrected chi connectivity index (χ3v) is 31.3. The van der Waals surface area contributed by atoms with Crippen LogP contribution >= 0.6 is 88.4 Å². The molecule has 30 atom stereocenters. The van der Waals surface area contributed by atoms with Crippen LogP contribution in [0.15, 0.2) is 0 Å². The Morgan fingerprint density at radius 3 is 1.30 bits per heavy atom. The molecule has 8 aliphatic heterocycles. The zero-order valence-corrected chi connectivity index (χ0v) is 84.0. The number of fused-ring (bicyclic) bond motifs is 31. The van der Waals surface area contributed by atoms with Crippen LogP contribution < -0.4 is 0 Å². The van der Waals surface area contributed by atoms with Gasteiger partial charge in [-0.05, 0) is 286 Å². The van der Waals surface area contributed by atoms with Crippen LogP contribution in [0.3, 0.4) is 0 Å². The lowest BCUT2D eigenvalue weighted by Gasteiger charge is -2.42. The van der Waals surface area contributed by atoms with Crippen molar-refractivity contribution in [1.82, 2.24) is 0 Å². The maximum absolute atomic E-state index is 12.2. The minimum Gasteiger partial charge on any atom is -0.466 e. The Kier molecular flexibility index (Phi) is 53.6. The fraction of sp³-hybridized carbons (Fsp3) is 0.926. The van der Waals surface area contributed by atoms with Gasteiger partial charge < -0.3 is 33.2 Å². The Balaban J connectivity index is 0.000000642. The molecule has 15 aliphatic carbocycles. The molecule has 23 fully saturated rings. The number of cyclic esters (lactones) is 4. The molecule has 0 N–H and O–H groups in total. The monoisotopic (exact) mass is 1750 g/mol. The van der Waals surface area contributed by atoms with E-state index in [1.54, 1.807) is 31.3 Å². The van der Waals surface area contributed by atoms with E-state index in [4.69, 9.17) is 28.4 Å². The lowest BCUT2D eigenvalue weighted by molar-refractivity contribution is -0.154. The molecule has 14 nitrogen and oxygen atoms in total. The van der Waals surface area contributed by atoms with Crippen LogP contribution in [0.2, 0.25) is 0 Å². The smallest absolute Gasteiger partial charge is 0.313 e. The van der Waals surface area contributed by atoms with E-state index in [2.05, 4.69) is 107 Å². The second-order valence-corrected chi connectivity index (χ2v) is 34.2. The lowest BCUT2D eigenvalue weighted by Crippen LogP contribution is -2.42. The van der Waals surface area contributed by atoms with Crippen LogP contribution in [-0.2, 0) is 66.7 Å². The Hall–Kier alpha value is -1.26. The van der Waals surface area contributed by atoms with Crippen LogP contribution in [0.1, 0.15) is 313 Å². The van der Waals surface area contributed by atoms with Crippen molar-refractivity contribution < 1.29 is 66.7 Å². The zero-order chi connectivity index (χ0) is 88.4. The highest BCUT2D eigenvalue weighted by Gasteiger charge is 2.73. The number of hydrogen-bond acceptors (Lipinski definition) is 21. The second kappa shape index (κ2) is 55.2. The first-order valence-corrected chi connectivity index (χ1v) is 52.2. The lowest BCUT2D eigenvalue weighted by atomic mass is 9.60. The number of hydrogen-bond donors (Lipinski definition) is 7. The molecule has 8 heterocycles. The minimum atomic E-state index is -0.515. The van der Waals surface area contributed by atoms with E-state index < -0.39 is 4.93 Å². The first-order chi connectivity index (χ1) is 55.8. The van der Waals surface area contributed by atoms with E-state index in [1.807, 2.05) is 145 Å². The Labute approximate surface area is 743 Å². The molecule has 1 spiro atoms. The van der Waals surface area contributed by atoms with E-state index in [1.165, 1.54) is 89.9 Å². The number of esters is 7. The number of rotatable bonds is 0. The van der Waals surface area contributed by atoms with Crippen LogP contribution in [-0.4, -0.2) is 122 Å². The number of carbonyl (C=O) groups is 7. The Bertz CT molecular complexity index is 2790. The number of thiol groups is 7. The normalized spacial score (nSPS) is 41.2. The van der Waals surface area contributed by atoms with Gasteiger partial charge in [-0.25, -0.2) is 0 Å². The first-order valence-electron chi connectivity index (χ1n) is 46.8. The van der Waals surface area contributed by atoms with Crippen molar-refractivity contribution >= 4 is 130 Å². The molecule has 8 saturated heterocycles. The van der Waals surface area contributed by atoms with Gasteiger partial charge in [0.25, 0.3) is 0 Å². The van der Waals surface area contributed by atoms with Gasteiger partial charge in [0.05, 0.1) is 60.9 Å². The number of carbonyl (C=O) groups excluding carboxylic acids is 7. The highest BCUT2D eigenvalue weighted by Crippen LogP contribution is 2.74. The fourth-order valence-electron chi connectivity index (χ4n) is 25.7. The topological polar surface area (TPSA) is 184 Å². The van der Waals surface area contributed by atoms with Gasteiger partial charge in [0.1, 0.15) is 12.2 Å². The van der Waals surface area contributed by atoms with E-state index in [0.717, 1.165) is 154 Å². The molecule has 0 aromatic carbocycles. The molecule has 676 valence electrons. The highest BCUT2D eigenvalue weighted by atomic mass is 32.1. The summed E-state index contributed by atoms with van der Waals surface area (Å²) in [5.74, 6) is 18.2. The van der Waals surface area contributed by atoms with Crippen LogP contribution in [0, 0.1) is 158 Å². The summed E-state index contributed by atoms with van der Waals surface area (Å²) in [5.41, 5.74) is -0.453. The summed E-state index contributed by atoms with van der Waals surface area (Å²) in [7, 11) is 0. The summed E-state index contributed by atoms with van der Waals surface area (Å²) in [6.07, 6.45) is 38.0. The predicted octanol–water partition coefficient (Wildman–Crippen LogP) is 23.8. The average molecular weight is 1750 g/mol. The molecular formula is C94H174O14S7. The fourth-order valence-corrected chi connectivity index (χ4v) is 26.5. The van der Waals surface area contributed by atoms with Gasteiger partial charge in [0, 0.05) is 34.8 Å². The van der Waals surface area contributed by atoms with E-state index >= 15 is 0 Å². The molecule has 30 unspecified atom stereocenters. The molecule has 23 rings (SSSR count). The van der Waals surface area contributed by atoms with Crippen LogP contribution in [0.4, 0.5) is 0 Å². The Morgan fingerprint density at radius 1 is 0.365 bits per heavy atom. The third-order valence-electron chi connectivity index (χ3n) is 29.7. The van der Waals surface area contributed by atoms with Crippen LogP contribution in [0.5, 0.6) is 0 Å². The van der Waals surface area contributed by atoms with Crippen LogP contribution in [0.25, 0.3) is 0 Å². The molecule has 18 bridgehead atoms. The van der Waals surface area contributed by atoms with Crippen molar-refractivity contribution in [3.63, 3.8) is 0 Å². The van der Waals surface area contributed by atoms with E-state index in [9.17, 15) is 33.6 Å². The molecule has 0 radical (unpaired) electrons. The minimum absolute atomic E-state index is 0.00366. The largest absolute Gasteiger partial charge is 0.466 e. The molecule has 15 saturated carbocycles. The summed E-state index contributed by atoms with van der Waals surface area (Å²) in [4.78, 5) is 78.8. The highest BCUT2D eigenvalue weighted by molar-refractivity contribution is 7.81. The van der Waals surface area contributed by atoms with Gasteiger partial charge in [-0.3, -0.25) is 33.6 Å². The molecule has 0 aromatic rings. The van der Waals surface area contributed by atoms with Gasteiger partial charge in [-0.15, -0.1) is 12.6 Å². The van der Waals surface area contributed by atoms with Gasteiger partial charge in [0.2, 0.25) is 0 Å². The summed E-state index contributed by atoms with van der Waals surface area (Å²) in [5, 5.41) is 0.311. The van der Waals surface area contributed by atoms with Crippen molar-refractivity contribution in [2.45, 2.75) is 336 Å². The molecule has 0 aromatic heterocycles. The van der Waals surface area contributed by atoms with Crippen molar-refractivity contribution in [2.75, 3.05) is 57.7 Å². The van der Waals surface area contributed by atoms with E-state index in [0.29, 0.717) is 84.2 Å². The summed E-state index contributed by atoms with van der Waals surface area (Å²) < 4.78 is 36.2. The predicted molar refractivity (Wildman–Crippen MR) is 501 cm³/mol. The molecule has 0 amide bonds. The second-order valence-electron chi connectivity index (χ2n) is 32.9. The van der Waals surface area contributed by atoms with E-state index in [-0.39, 0.29) is 70.1 Å². The van der Waals surface area contributed by atoms with Crippen molar-refractivity contribution in [3.8, 4) is 0 Å². The quantitative estimate of drug-likeness (QED) is 0.0526. The first kappa shape index (κ1) is 112. The summed E-state index contributed by atoms with van der Waals surface area (Å²) >= 11 is 26.7. The zero-order valence-electron chi connectivity index (χ0n) is 77.7. The van der Waals surface area contributed by atoms with Gasteiger partial charge in [-0.1, -0.05) is 152 Å². The standard InChI is InChI=1S/C15H20O2.C14H18O2.C10H14O2S.C9H14O2S.C9H12O2.C8H10O2.C4H6O2.10C2H6.5CH4S/c16-14-15(3-4-17-14)7-10-6-11(15)13-9-2-1-8(5-9)12(10)13;15-14-13-9-4-8(10(13)5-16-14)11-6-1-2-7(3-6)12(9)11;11-10-7-2-5-1-6(4-7)9(13)8(3-5)12-10;1-7(2)8(3)4-5-9(7,12)11-6(8)10;10-9-8-6-2-1-5(3-6)7(8)4-11-9;9-8-6-2-4-1-5(6)7(3-4)10-8;5-4-2-1-3-6-4;15*1-2/h8-13H,1-7H2;6-13H,1-5H2;5-9,13H,1-4H2;12H,4-5H2,1-3H3;5-8H,1-4H2;4-7H,1-3H2;1-3H2;10*1-2H3;5*2H,1H3. The van der Waals surface area contributed by atoms with Gasteiger partial charge >= 0.3 is 41.8 Å². The molecule has 21 heteroatoms. The maximum atomic E-state index is 12.2. The SMILES string of the molecule is CC.CC.CC.CC.CC.CC.CC.CC.CC.CC.CC12CCC(S)(OC1=O)C2(C)C.CS.CS.CS.CS.CS.O=C1CCCO1.O=C1OC2CC3CC1C2C3.O=C1OC2CC3CC1CC(C3)C2S.O=C1OCC2C3CC(C12)C1C2CCC(C2)C31.O=C1OCC2C3CCC(C3)C12.O=C1OCCC12CC1CC2C2C3CCC(C3)C12. The summed E-state index contributed by atoms with van der Waals surface area (Å²) in [6, 6.07) is 0. The van der Waals surface area contributed by atoms with Crippen molar-refractivity contribution in [2.24, 2.45) is 158 Å². The maximum Gasteiger partial charge on any atom is 0.313 e. The van der Waals surface area contributed by atoms with Crippen molar-refractivity contribution in [3.05, 3.63) is 0 Å². The number of ether oxygens (including phenoxy) is 7. The van der Waals surface area contributed by atoms with Gasteiger partial charge in [-0.2, -0.15) is 75.8 Å². The Morgan fingerprint density at radius 2 is 0.852 bits per heavy atom. The molecule has 115 heavy (non-hydrogen) atoms. The third kappa shape index (κ3) is 23.5. The van der Waals surface area contributed by atoms with Gasteiger partial charge in [0.15, 0.2) is 4.93 Å². The molecular weight excluding hydrogens is 1580 g/mol.